The molecule has 0 saturated heterocycles. The molecule has 0 aromatic heterocycles. The maximum atomic E-state index is 11.9. The summed E-state index contributed by atoms with van der Waals surface area (Å²) in [6.07, 6.45) is 3.69. The van der Waals surface area contributed by atoms with Crippen LogP contribution < -0.4 is 15.8 Å². The molecule has 126 valence electrons. The maximum absolute atomic E-state index is 11.9. The Bertz CT molecular complexity index is 444. The van der Waals surface area contributed by atoms with Crippen molar-refractivity contribution < 1.29 is 9.53 Å². The molecule has 0 aliphatic heterocycles. The average molecular weight is 347 g/mol. The van der Waals surface area contributed by atoms with Crippen LogP contribution in [0, 0.1) is 5.92 Å². The van der Waals surface area contributed by atoms with Gasteiger partial charge >= 0.3 is 0 Å². The smallest absolute Gasteiger partial charge is 0.241 e. The second-order valence-electron chi connectivity index (χ2n) is 5.44. The molecule has 1 aromatic rings. The Morgan fingerprint density at radius 2 is 2.09 bits per heavy atom. The van der Waals surface area contributed by atoms with Gasteiger partial charge in [0.25, 0.3) is 0 Å². The van der Waals surface area contributed by atoms with Gasteiger partial charge < -0.3 is 15.8 Å². The standard InChI is InChI=1S/C16H26N2O2S.ClH/c1-12(2)7-9-20-14-6-4-5-13(11-14)18-16(19)15(17)8-10-21-3;/h4-6,11-12,15H,7-10,17H2,1-3H3,(H,18,19);1H/t15-;/m0./s1. The van der Waals surface area contributed by atoms with E-state index in [2.05, 4.69) is 19.2 Å². The molecule has 4 nitrogen and oxygen atoms in total. The largest absolute Gasteiger partial charge is 0.494 e. The van der Waals surface area contributed by atoms with E-state index in [0.717, 1.165) is 23.6 Å². The van der Waals surface area contributed by atoms with Crippen LogP contribution in [0.1, 0.15) is 26.7 Å². The molecule has 6 heteroatoms. The number of benzene rings is 1. The van der Waals surface area contributed by atoms with Crippen molar-refractivity contribution in [2.75, 3.05) is 23.9 Å². The zero-order valence-corrected chi connectivity index (χ0v) is 15.1. The van der Waals surface area contributed by atoms with E-state index in [-0.39, 0.29) is 18.3 Å². The summed E-state index contributed by atoms with van der Waals surface area (Å²) < 4.78 is 5.68. The Hall–Kier alpha value is -0.910. The van der Waals surface area contributed by atoms with Gasteiger partial charge in [-0.25, -0.2) is 0 Å². The SMILES string of the molecule is CSCC[C@H](N)C(=O)Nc1cccc(OCCC(C)C)c1.Cl. The van der Waals surface area contributed by atoms with Crippen molar-refractivity contribution in [3.63, 3.8) is 0 Å². The molecule has 1 atom stereocenters. The molecule has 1 rings (SSSR count). The number of amides is 1. The Kier molecular flexibility index (Phi) is 11.1. The van der Waals surface area contributed by atoms with Crippen molar-refractivity contribution in [1.29, 1.82) is 0 Å². The number of carbonyl (C=O) groups excluding carboxylic acids is 1. The third-order valence-electron chi connectivity index (χ3n) is 3.04. The molecule has 3 N–H and O–H groups in total. The van der Waals surface area contributed by atoms with E-state index >= 15 is 0 Å². The van der Waals surface area contributed by atoms with Gasteiger partial charge in [0.2, 0.25) is 5.91 Å². The van der Waals surface area contributed by atoms with Crippen LogP contribution in [0.15, 0.2) is 24.3 Å². The number of thioether (sulfide) groups is 1. The summed E-state index contributed by atoms with van der Waals surface area (Å²) in [5.41, 5.74) is 6.57. The minimum Gasteiger partial charge on any atom is -0.494 e. The Balaban J connectivity index is 0.00000441. The van der Waals surface area contributed by atoms with E-state index in [1.807, 2.05) is 30.5 Å². The summed E-state index contributed by atoms with van der Waals surface area (Å²) in [4.78, 5) is 11.9. The quantitative estimate of drug-likeness (QED) is 0.717. The Labute approximate surface area is 144 Å². The Morgan fingerprint density at radius 1 is 1.36 bits per heavy atom. The molecule has 1 aromatic carbocycles. The molecule has 0 aliphatic carbocycles. The lowest BCUT2D eigenvalue weighted by atomic mass is 10.1. The second kappa shape index (κ2) is 11.6. The van der Waals surface area contributed by atoms with Crippen LogP contribution in [0.3, 0.4) is 0 Å². The van der Waals surface area contributed by atoms with Gasteiger partial charge in [0.1, 0.15) is 5.75 Å². The zero-order valence-electron chi connectivity index (χ0n) is 13.5. The van der Waals surface area contributed by atoms with Gasteiger partial charge in [0.15, 0.2) is 0 Å². The van der Waals surface area contributed by atoms with E-state index in [0.29, 0.717) is 18.9 Å². The van der Waals surface area contributed by atoms with Crippen LogP contribution in [0.4, 0.5) is 5.69 Å². The first-order valence-electron chi connectivity index (χ1n) is 7.31. The molecule has 1 amide bonds. The van der Waals surface area contributed by atoms with Gasteiger partial charge in [-0.2, -0.15) is 11.8 Å². The fraction of sp³-hybridized carbons (Fsp3) is 0.562. The minimum absolute atomic E-state index is 0. The highest BCUT2D eigenvalue weighted by molar-refractivity contribution is 7.98. The molecule has 0 saturated carbocycles. The van der Waals surface area contributed by atoms with E-state index in [1.54, 1.807) is 11.8 Å². The lowest BCUT2D eigenvalue weighted by Crippen LogP contribution is -2.36. The lowest BCUT2D eigenvalue weighted by Gasteiger charge is -2.13. The normalized spacial score (nSPS) is 11.7. The van der Waals surface area contributed by atoms with Crippen LogP contribution in [0.5, 0.6) is 5.75 Å². The topological polar surface area (TPSA) is 64.4 Å². The lowest BCUT2D eigenvalue weighted by molar-refractivity contribution is -0.117. The van der Waals surface area contributed by atoms with Crippen LogP contribution in [0.25, 0.3) is 0 Å². The monoisotopic (exact) mass is 346 g/mol. The molecule has 0 heterocycles. The van der Waals surface area contributed by atoms with Crippen molar-refractivity contribution in [1.82, 2.24) is 0 Å². The zero-order chi connectivity index (χ0) is 15.7. The van der Waals surface area contributed by atoms with Crippen LogP contribution in [0.2, 0.25) is 0 Å². The molecule has 22 heavy (non-hydrogen) atoms. The van der Waals surface area contributed by atoms with Crippen molar-refractivity contribution in [3.8, 4) is 5.75 Å². The fourth-order valence-corrected chi connectivity index (χ4v) is 2.18. The van der Waals surface area contributed by atoms with Gasteiger partial charge in [-0.05, 0) is 42.9 Å². The van der Waals surface area contributed by atoms with Gasteiger partial charge in [0, 0.05) is 11.8 Å². The molecule has 0 radical (unpaired) electrons. The second-order valence-corrected chi connectivity index (χ2v) is 6.42. The highest BCUT2D eigenvalue weighted by Crippen LogP contribution is 2.18. The van der Waals surface area contributed by atoms with E-state index in [4.69, 9.17) is 10.5 Å². The van der Waals surface area contributed by atoms with Crippen molar-refractivity contribution in [2.45, 2.75) is 32.7 Å². The van der Waals surface area contributed by atoms with Crippen LogP contribution in [-0.4, -0.2) is 30.6 Å². The van der Waals surface area contributed by atoms with E-state index in [1.165, 1.54) is 0 Å². The average Bonchev–Trinajstić information content (AvgIpc) is 2.44. The first-order valence-corrected chi connectivity index (χ1v) is 8.70. The first kappa shape index (κ1) is 21.1. The predicted octanol–water partition coefficient (Wildman–Crippen LogP) is 3.55. The number of carbonyl (C=O) groups is 1. The fourth-order valence-electron chi connectivity index (χ4n) is 1.69. The van der Waals surface area contributed by atoms with E-state index in [9.17, 15) is 4.79 Å². The molecular weight excluding hydrogens is 320 g/mol. The van der Waals surface area contributed by atoms with Gasteiger partial charge in [-0.15, -0.1) is 12.4 Å². The van der Waals surface area contributed by atoms with Crippen LogP contribution >= 0.6 is 24.2 Å². The summed E-state index contributed by atoms with van der Waals surface area (Å²) in [6, 6.07) is 6.97. The van der Waals surface area contributed by atoms with Gasteiger partial charge in [0.05, 0.1) is 12.6 Å². The maximum Gasteiger partial charge on any atom is 0.241 e. The van der Waals surface area contributed by atoms with Crippen molar-refractivity contribution in [3.05, 3.63) is 24.3 Å². The molecule has 0 fully saturated rings. The van der Waals surface area contributed by atoms with Crippen molar-refractivity contribution >= 4 is 35.8 Å². The number of hydrogen-bond donors (Lipinski definition) is 2. The first-order chi connectivity index (χ1) is 10.0. The highest BCUT2D eigenvalue weighted by atomic mass is 35.5. The van der Waals surface area contributed by atoms with Crippen molar-refractivity contribution in [2.24, 2.45) is 11.7 Å². The molecule has 0 spiro atoms. The number of hydrogen-bond acceptors (Lipinski definition) is 4. The summed E-state index contributed by atoms with van der Waals surface area (Å²) in [6.45, 7) is 5.01. The number of ether oxygens (including phenoxy) is 1. The highest BCUT2D eigenvalue weighted by Gasteiger charge is 2.13. The van der Waals surface area contributed by atoms with Crippen LogP contribution in [-0.2, 0) is 4.79 Å². The number of anilines is 1. The summed E-state index contributed by atoms with van der Waals surface area (Å²) in [7, 11) is 0. The molecule has 0 aliphatic rings. The number of rotatable bonds is 9. The molecule has 0 unspecified atom stereocenters. The predicted molar refractivity (Wildman–Crippen MR) is 98.2 cm³/mol. The molecule has 0 bridgehead atoms. The van der Waals surface area contributed by atoms with E-state index < -0.39 is 6.04 Å². The number of nitrogens with one attached hydrogen (secondary N) is 1. The summed E-state index contributed by atoms with van der Waals surface area (Å²) in [5.74, 6) is 2.12. The summed E-state index contributed by atoms with van der Waals surface area (Å²) in [5, 5.41) is 2.84. The number of nitrogens with two attached hydrogens (primary N) is 1. The third kappa shape index (κ3) is 8.51. The Morgan fingerprint density at radius 3 is 2.73 bits per heavy atom. The number of halogens is 1. The third-order valence-corrected chi connectivity index (χ3v) is 3.68. The van der Waals surface area contributed by atoms with Gasteiger partial charge in [-0.3, -0.25) is 4.79 Å². The van der Waals surface area contributed by atoms with Gasteiger partial charge in [-0.1, -0.05) is 19.9 Å². The molecular formula is C16H27ClN2O2S. The summed E-state index contributed by atoms with van der Waals surface area (Å²) >= 11 is 1.69. The minimum atomic E-state index is -0.469.